The average Bonchev–Trinajstić information content (AvgIpc) is 3.52. The van der Waals surface area contributed by atoms with E-state index in [2.05, 4.69) is 26.2 Å². The number of urea groups is 1. The second kappa shape index (κ2) is 11.2. The summed E-state index contributed by atoms with van der Waals surface area (Å²) in [6, 6.07) is 1.41. The summed E-state index contributed by atoms with van der Waals surface area (Å²) in [6.45, 7) is 0.438. The van der Waals surface area contributed by atoms with Crippen LogP contribution in [0.5, 0.6) is 0 Å². The van der Waals surface area contributed by atoms with Crippen molar-refractivity contribution < 1.29 is 34.2 Å². The fourth-order valence-corrected chi connectivity index (χ4v) is 6.93. The molecule has 2 aliphatic heterocycles. The van der Waals surface area contributed by atoms with E-state index in [1.807, 2.05) is 0 Å². The number of amides is 4. The van der Waals surface area contributed by atoms with Gasteiger partial charge in [0.2, 0.25) is 11.1 Å². The molecule has 0 saturated carbocycles. The lowest BCUT2D eigenvalue weighted by Crippen LogP contribution is -2.71. The average molecular weight is 569 g/mol. The predicted octanol–water partition coefficient (Wildman–Crippen LogP) is -0.898. The number of hydrogen-bond donors (Lipinski definition) is 5. The van der Waals surface area contributed by atoms with E-state index in [0.717, 1.165) is 28.0 Å². The van der Waals surface area contributed by atoms with Crippen molar-refractivity contribution in [3.05, 3.63) is 33.7 Å². The fraction of sp³-hybridized carbons (Fsp3) is 0.368. The Morgan fingerprint density at radius 1 is 1.30 bits per heavy atom. The summed E-state index contributed by atoms with van der Waals surface area (Å²) in [7, 11) is 0. The Balaban J connectivity index is 1.44. The van der Waals surface area contributed by atoms with Gasteiger partial charge in [0.15, 0.2) is 5.92 Å². The molecule has 6 N–H and O–H groups in total. The van der Waals surface area contributed by atoms with Crippen LogP contribution >= 0.6 is 34.9 Å². The first-order chi connectivity index (χ1) is 17.7. The molecule has 1 fully saturated rings. The third kappa shape index (κ3) is 5.54. The van der Waals surface area contributed by atoms with Gasteiger partial charge >= 0.3 is 18.0 Å². The largest absolute Gasteiger partial charge is 0.480 e. The topological polar surface area (TPSA) is 223 Å². The van der Waals surface area contributed by atoms with Gasteiger partial charge in [-0.3, -0.25) is 19.3 Å². The minimum atomic E-state index is -1.47. The van der Waals surface area contributed by atoms with Gasteiger partial charge in [-0.15, -0.1) is 28.2 Å². The van der Waals surface area contributed by atoms with Gasteiger partial charge in [0.1, 0.15) is 17.1 Å². The Morgan fingerprint density at radius 2 is 2.08 bits per heavy atom. The molecule has 1 saturated heterocycles. The molecule has 0 bridgehead atoms. The maximum atomic E-state index is 12.9. The van der Waals surface area contributed by atoms with Crippen LogP contribution in [0.2, 0.25) is 0 Å². The van der Waals surface area contributed by atoms with Gasteiger partial charge in [-0.1, -0.05) is 17.8 Å². The molecular formula is C19H20N8O7S3. The van der Waals surface area contributed by atoms with Crippen molar-refractivity contribution in [1.29, 1.82) is 0 Å². The number of hydrogen-bond acceptors (Lipinski definition) is 11. The number of fused-ring (bicyclic) bond motifs is 1. The predicted molar refractivity (Wildman–Crippen MR) is 131 cm³/mol. The Bertz CT molecular complexity index is 1260. The van der Waals surface area contributed by atoms with Crippen LogP contribution in [0.25, 0.3) is 0 Å². The van der Waals surface area contributed by atoms with Crippen LogP contribution < -0.4 is 16.4 Å². The van der Waals surface area contributed by atoms with E-state index in [0.29, 0.717) is 15.6 Å². The molecule has 2 aromatic heterocycles. The fourth-order valence-electron chi connectivity index (χ4n) is 3.73. The highest BCUT2D eigenvalue weighted by Gasteiger charge is 2.54. The molecule has 2 unspecified atom stereocenters. The molecule has 37 heavy (non-hydrogen) atoms. The highest BCUT2D eigenvalue weighted by Crippen LogP contribution is 2.41. The Hall–Kier alpha value is -3.64. The molecule has 4 amide bonds. The number of primary amides is 1. The number of aromatic nitrogens is 4. The zero-order valence-electron chi connectivity index (χ0n) is 18.8. The summed E-state index contributed by atoms with van der Waals surface area (Å²) in [5.74, 6) is -5.17. The lowest BCUT2D eigenvalue weighted by molar-refractivity contribution is -0.152. The molecule has 0 spiro atoms. The summed E-state index contributed by atoms with van der Waals surface area (Å²) < 4.78 is 1.42. The molecule has 3 atom stereocenters. The van der Waals surface area contributed by atoms with E-state index in [1.165, 1.54) is 22.5 Å². The molecule has 15 nitrogen and oxygen atoms in total. The molecular weight excluding hydrogens is 548 g/mol. The van der Waals surface area contributed by atoms with Crippen molar-refractivity contribution in [3.8, 4) is 0 Å². The molecule has 4 heterocycles. The Labute approximate surface area is 220 Å². The van der Waals surface area contributed by atoms with Gasteiger partial charge in [-0.05, 0) is 27.4 Å². The number of carbonyl (C=O) groups is 5. The van der Waals surface area contributed by atoms with Gasteiger partial charge in [0, 0.05) is 22.9 Å². The minimum Gasteiger partial charge on any atom is -0.480 e. The molecule has 2 aliphatic rings. The van der Waals surface area contributed by atoms with E-state index in [9.17, 15) is 34.2 Å². The number of nitrogens with one attached hydrogen (secondary N) is 2. The first-order valence-electron chi connectivity index (χ1n) is 10.6. The smallest absolute Gasteiger partial charge is 0.352 e. The highest BCUT2D eigenvalue weighted by molar-refractivity contribution is 8.01. The van der Waals surface area contributed by atoms with Crippen molar-refractivity contribution in [1.82, 2.24) is 35.7 Å². The highest BCUT2D eigenvalue weighted by atomic mass is 32.2. The summed E-state index contributed by atoms with van der Waals surface area (Å²) in [5.41, 5.74) is 5.31. The summed E-state index contributed by atoms with van der Waals surface area (Å²) in [6.07, 6.45) is 0. The van der Waals surface area contributed by atoms with Crippen molar-refractivity contribution in [2.75, 3.05) is 18.1 Å². The quantitative estimate of drug-likeness (QED) is 0.126. The standard InChI is InChI=1S/C19H20N8O7S3/c20-18(34)21-3-4-26-19(23-24-25-26)37-7-8-6-36-15-11(14(29)27(15)12(8)17(32)33)22-13(28)10(16(30)31)9-2-1-5-35-9/h1-2,5,10-11,15H,3-4,6-7H2,(H,22,28)(H,30,31)(H,32,33)(H3,20,21,34)/t10?,11?,15-/m1/s1. The van der Waals surface area contributed by atoms with Crippen LogP contribution in [-0.2, 0) is 25.7 Å². The lowest BCUT2D eigenvalue weighted by Gasteiger charge is -2.49. The van der Waals surface area contributed by atoms with Gasteiger partial charge in [0.25, 0.3) is 5.91 Å². The number of nitrogens with zero attached hydrogens (tertiary/aromatic N) is 5. The molecule has 4 rings (SSSR count). The third-order valence-electron chi connectivity index (χ3n) is 5.38. The molecule has 0 aromatic carbocycles. The van der Waals surface area contributed by atoms with Crippen molar-refractivity contribution in [2.24, 2.45) is 5.73 Å². The molecule has 0 aliphatic carbocycles. The van der Waals surface area contributed by atoms with E-state index in [1.54, 1.807) is 11.4 Å². The van der Waals surface area contributed by atoms with Gasteiger partial charge < -0.3 is 26.6 Å². The number of carboxylic acid groups (broad SMARTS) is 2. The molecule has 0 radical (unpaired) electrons. The number of nitrogens with two attached hydrogens (primary N) is 1. The summed E-state index contributed by atoms with van der Waals surface area (Å²) >= 11 is 3.54. The van der Waals surface area contributed by atoms with Crippen LogP contribution in [0.3, 0.4) is 0 Å². The second-order valence-corrected chi connectivity index (χ2v) is 10.7. The molecule has 2 aromatic rings. The normalized spacial score (nSPS) is 19.6. The first-order valence-corrected chi connectivity index (χ1v) is 13.5. The van der Waals surface area contributed by atoms with Gasteiger partial charge in [0.05, 0.1) is 6.54 Å². The number of thioether (sulfide) groups is 2. The van der Waals surface area contributed by atoms with Crippen molar-refractivity contribution in [2.45, 2.75) is 29.0 Å². The number of thiophene rings is 1. The zero-order valence-corrected chi connectivity index (χ0v) is 21.2. The van der Waals surface area contributed by atoms with Crippen molar-refractivity contribution >= 4 is 64.6 Å². The van der Waals surface area contributed by atoms with Crippen LogP contribution in [0, 0.1) is 0 Å². The number of rotatable bonds is 11. The van der Waals surface area contributed by atoms with Gasteiger partial charge in [-0.25, -0.2) is 14.3 Å². The van der Waals surface area contributed by atoms with Crippen molar-refractivity contribution in [3.63, 3.8) is 0 Å². The maximum Gasteiger partial charge on any atom is 0.352 e. The minimum absolute atomic E-state index is 0.172. The van der Waals surface area contributed by atoms with Crippen LogP contribution in [0.15, 0.2) is 33.9 Å². The Morgan fingerprint density at radius 3 is 2.73 bits per heavy atom. The number of carbonyl (C=O) groups excluding carboxylic acids is 3. The van der Waals surface area contributed by atoms with E-state index >= 15 is 0 Å². The summed E-state index contributed by atoms with van der Waals surface area (Å²) in [5, 5.41) is 36.9. The zero-order chi connectivity index (χ0) is 26.7. The Kier molecular flexibility index (Phi) is 7.98. The summed E-state index contributed by atoms with van der Waals surface area (Å²) in [4.78, 5) is 61.6. The second-order valence-electron chi connectivity index (χ2n) is 7.70. The van der Waals surface area contributed by atoms with Crippen LogP contribution in [0.4, 0.5) is 4.79 Å². The molecule has 18 heteroatoms. The van der Waals surface area contributed by atoms with Gasteiger partial charge in [-0.2, -0.15) is 0 Å². The van der Waals surface area contributed by atoms with E-state index in [4.69, 9.17) is 5.73 Å². The van der Waals surface area contributed by atoms with Crippen LogP contribution in [-0.4, -0.2) is 94.6 Å². The molecule has 196 valence electrons. The number of carboxylic acids is 2. The number of β-lactam (4-membered cyclic amide) rings is 1. The van der Waals surface area contributed by atoms with E-state index in [-0.39, 0.29) is 30.3 Å². The first kappa shape index (κ1) is 26.4. The van der Waals surface area contributed by atoms with E-state index < -0.39 is 47.1 Å². The SMILES string of the molecule is NC(=O)NCCn1nnnc1SCC1=C(C(=O)O)N2C(=O)C(NC(=O)C(C(=O)O)c3cccs3)[C@H]2SC1. The third-order valence-corrected chi connectivity index (χ3v) is 8.70. The monoisotopic (exact) mass is 568 g/mol. The lowest BCUT2D eigenvalue weighted by atomic mass is 10.0. The van der Waals surface area contributed by atoms with Crippen LogP contribution in [0.1, 0.15) is 10.8 Å². The maximum absolute atomic E-state index is 12.9. The number of tetrazole rings is 1. The number of aliphatic carboxylic acids is 2.